The number of rotatable bonds is 5. The highest BCUT2D eigenvalue weighted by Crippen LogP contribution is 1.83. The van der Waals surface area contributed by atoms with Crippen LogP contribution in [0.5, 0.6) is 0 Å². The van der Waals surface area contributed by atoms with Crippen LogP contribution in [0.15, 0.2) is 0 Å². The fraction of sp³-hybridized carbons (Fsp3) is 1.00. The minimum Gasteiger partial charge on any atom is -0.394 e. The molecule has 0 fully saturated rings. The van der Waals surface area contributed by atoms with E-state index in [-0.39, 0.29) is 12.7 Å². The summed E-state index contributed by atoms with van der Waals surface area (Å²) < 4.78 is 4.99. The smallest absolute Gasteiger partial charge is 0.0745 e. The molecule has 13 heavy (non-hydrogen) atoms. The lowest BCUT2D eigenvalue weighted by Gasteiger charge is -2.02. The van der Waals surface area contributed by atoms with Crippen molar-refractivity contribution in [3.8, 4) is 0 Å². The third kappa shape index (κ3) is 24.5. The molecule has 0 saturated heterocycles. The highest BCUT2D eigenvalue weighted by Gasteiger charge is 1.91. The predicted molar refractivity (Wildman–Crippen MR) is 51.6 cm³/mol. The van der Waals surface area contributed by atoms with Gasteiger partial charge in [0.1, 0.15) is 0 Å². The first-order valence-electron chi connectivity index (χ1n) is 4.59. The van der Waals surface area contributed by atoms with Crippen LogP contribution >= 0.6 is 0 Å². The minimum atomic E-state index is -0.560. The summed E-state index contributed by atoms with van der Waals surface area (Å²) in [4.78, 5) is 0. The van der Waals surface area contributed by atoms with E-state index < -0.39 is 6.10 Å². The van der Waals surface area contributed by atoms with Gasteiger partial charge >= 0.3 is 0 Å². The first-order valence-corrected chi connectivity index (χ1v) is 4.59. The molecule has 0 aliphatic rings. The molecule has 0 rings (SSSR count). The fourth-order valence-electron chi connectivity index (χ4n) is 0.398. The maximum atomic E-state index is 8.65. The van der Waals surface area contributed by atoms with E-state index in [9.17, 15) is 0 Å². The van der Waals surface area contributed by atoms with E-state index in [0.717, 1.165) is 13.0 Å². The van der Waals surface area contributed by atoms with Gasteiger partial charge in [-0.3, -0.25) is 0 Å². The quantitative estimate of drug-likeness (QED) is 0.545. The molecule has 3 N–H and O–H groups in total. The van der Waals surface area contributed by atoms with Crippen LogP contribution in [-0.2, 0) is 4.74 Å². The first kappa shape index (κ1) is 15.3. The van der Waals surface area contributed by atoms with Gasteiger partial charge in [0.25, 0.3) is 0 Å². The van der Waals surface area contributed by atoms with E-state index >= 15 is 0 Å². The van der Waals surface area contributed by atoms with E-state index in [1.54, 1.807) is 6.92 Å². The summed E-state index contributed by atoms with van der Waals surface area (Å²) in [6.45, 7) is 6.37. The van der Waals surface area contributed by atoms with Crippen LogP contribution in [0.2, 0.25) is 0 Å². The normalized spacial score (nSPS) is 14.3. The topological polar surface area (TPSA) is 69.9 Å². The zero-order valence-corrected chi connectivity index (χ0v) is 8.73. The highest BCUT2D eigenvalue weighted by atomic mass is 16.5. The summed E-state index contributed by atoms with van der Waals surface area (Å²) in [7, 11) is 0. The molecular weight excluding hydrogens is 172 g/mol. The molecule has 0 spiro atoms. The summed E-state index contributed by atoms with van der Waals surface area (Å²) in [6.07, 6.45) is 0.142. The molecule has 0 aromatic carbocycles. The first-order chi connectivity index (χ1) is 6.04. The Morgan fingerprint density at radius 3 is 1.85 bits per heavy atom. The Hall–Kier alpha value is -0.160. The Morgan fingerprint density at radius 1 is 1.15 bits per heavy atom. The number of ether oxygens (including phenoxy) is 1. The zero-order chi connectivity index (χ0) is 10.7. The van der Waals surface area contributed by atoms with Gasteiger partial charge in [-0.25, -0.2) is 0 Å². The van der Waals surface area contributed by atoms with Gasteiger partial charge in [0, 0.05) is 6.61 Å². The monoisotopic (exact) mass is 194 g/mol. The average molecular weight is 194 g/mol. The summed E-state index contributed by atoms with van der Waals surface area (Å²) in [5, 5.41) is 24.7. The average Bonchev–Trinajstić information content (AvgIpc) is 2.05. The van der Waals surface area contributed by atoms with Crippen LogP contribution in [0, 0.1) is 0 Å². The molecule has 4 nitrogen and oxygen atoms in total. The SMILES string of the molecule is CC(O)CO.CCCOCC(C)O. The maximum Gasteiger partial charge on any atom is 0.0745 e. The summed E-state index contributed by atoms with van der Waals surface area (Å²) in [5.41, 5.74) is 0. The van der Waals surface area contributed by atoms with Crippen LogP contribution < -0.4 is 0 Å². The van der Waals surface area contributed by atoms with Gasteiger partial charge < -0.3 is 20.1 Å². The van der Waals surface area contributed by atoms with Crippen molar-refractivity contribution < 1.29 is 20.1 Å². The second-order valence-corrected chi connectivity index (χ2v) is 2.96. The summed E-state index contributed by atoms with van der Waals surface area (Å²) >= 11 is 0. The molecule has 0 saturated carbocycles. The molecule has 2 unspecified atom stereocenters. The van der Waals surface area contributed by atoms with Crippen molar-refractivity contribution in [2.24, 2.45) is 0 Å². The van der Waals surface area contributed by atoms with Crippen molar-refractivity contribution in [3.05, 3.63) is 0 Å². The molecule has 0 aliphatic heterocycles. The van der Waals surface area contributed by atoms with Gasteiger partial charge in [-0.1, -0.05) is 6.92 Å². The molecular formula is C9H22O4. The lowest BCUT2D eigenvalue weighted by Crippen LogP contribution is -2.10. The van der Waals surface area contributed by atoms with Crippen molar-refractivity contribution in [2.45, 2.75) is 39.4 Å². The van der Waals surface area contributed by atoms with E-state index in [1.807, 2.05) is 6.92 Å². The van der Waals surface area contributed by atoms with Gasteiger partial charge in [-0.15, -0.1) is 0 Å². The van der Waals surface area contributed by atoms with Crippen LogP contribution in [0.1, 0.15) is 27.2 Å². The van der Waals surface area contributed by atoms with Crippen molar-refractivity contribution in [1.82, 2.24) is 0 Å². The molecule has 0 amide bonds. The van der Waals surface area contributed by atoms with Gasteiger partial charge in [-0.05, 0) is 20.3 Å². The van der Waals surface area contributed by atoms with Gasteiger partial charge in [0.05, 0.1) is 25.4 Å². The van der Waals surface area contributed by atoms with Crippen molar-refractivity contribution >= 4 is 0 Å². The number of hydrogen-bond donors (Lipinski definition) is 3. The number of aliphatic hydroxyl groups excluding tert-OH is 3. The maximum absolute atomic E-state index is 8.65. The molecule has 0 aromatic heterocycles. The van der Waals surface area contributed by atoms with Crippen LogP contribution in [0.3, 0.4) is 0 Å². The minimum absolute atomic E-state index is 0.139. The van der Waals surface area contributed by atoms with E-state index in [2.05, 4.69) is 0 Å². The van der Waals surface area contributed by atoms with Crippen LogP contribution in [0.25, 0.3) is 0 Å². The molecule has 0 radical (unpaired) electrons. The molecule has 0 aliphatic carbocycles. The Labute approximate surface area is 80.2 Å². The third-order valence-corrected chi connectivity index (χ3v) is 0.972. The Balaban J connectivity index is 0. The van der Waals surface area contributed by atoms with Crippen molar-refractivity contribution in [3.63, 3.8) is 0 Å². The van der Waals surface area contributed by atoms with Crippen molar-refractivity contribution in [1.29, 1.82) is 0 Å². The molecule has 2 atom stereocenters. The molecule has 82 valence electrons. The Bertz CT molecular complexity index is 83.7. The van der Waals surface area contributed by atoms with Crippen LogP contribution in [-0.4, -0.2) is 47.3 Å². The second-order valence-electron chi connectivity index (χ2n) is 2.96. The Kier molecular flexibility index (Phi) is 14.0. The second kappa shape index (κ2) is 11.8. The molecule has 0 heterocycles. The van der Waals surface area contributed by atoms with Gasteiger partial charge in [0.2, 0.25) is 0 Å². The lowest BCUT2D eigenvalue weighted by atomic mass is 10.4. The van der Waals surface area contributed by atoms with Crippen molar-refractivity contribution in [2.75, 3.05) is 19.8 Å². The van der Waals surface area contributed by atoms with Gasteiger partial charge in [-0.2, -0.15) is 0 Å². The predicted octanol–water partition coefficient (Wildman–Crippen LogP) is 0.153. The molecule has 0 bridgehead atoms. The molecule has 0 aromatic rings. The third-order valence-electron chi connectivity index (χ3n) is 0.972. The summed E-state index contributed by atoms with van der Waals surface area (Å²) in [5.74, 6) is 0. The molecule has 4 heteroatoms. The Morgan fingerprint density at radius 2 is 1.62 bits per heavy atom. The largest absolute Gasteiger partial charge is 0.394 e. The van der Waals surface area contributed by atoms with E-state index in [1.165, 1.54) is 6.92 Å². The van der Waals surface area contributed by atoms with Crippen LogP contribution in [0.4, 0.5) is 0 Å². The highest BCUT2D eigenvalue weighted by molar-refractivity contribution is 4.39. The summed E-state index contributed by atoms with van der Waals surface area (Å²) in [6, 6.07) is 0. The lowest BCUT2D eigenvalue weighted by molar-refractivity contribution is 0.0466. The van der Waals surface area contributed by atoms with E-state index in [0.29, 0.717) is 6.61 Å². The number of hydrogen-bond acceptors (Lipinski definition) is 4. The zero-order valence-electron chi connectivity index (χ0n) is 8.73. The number of aliphatic hydroxyl groups is 3. The standard InChI is InChI=1S/C6H14O2.C3H8O2/c1-3-4-8-5-6(2)7;1-3(5)2-4/h6-7H,3-5H2,1-2H3;3-5H,2H2,1H3. The fourth-order valence-corrected chi connectivity index (χ4v) is 0.398. The van der Waals surface area contributed by atoms with E-state index in [4.69, 9.17) is 20.1 Å². The van der Waals surface area contributed by atoms with Gasteiger partial charge in [0.15, 0.2) is 0 Å².